The van der Waals surface area contributed by atoms with Crippen LogP contribution in [-0.2, 0) is 28.8 Å². The number of nitrogens with zero attached hydrogens (tertiary/aromatic N) is 1. The van der Waals surface area contributed by atoms with Crippen LogP contribution in [0.25, 0.3) is 5.57 Å². The van der Waals surface area contributed by atoms with Crippen molar-refractivity contribution in [3.8, 4) is 0 Å². The minimum absolute atomic E-state index is 0.207. The first kappa shape index (κ1) is 25.7. The van der Waals surface area contributed by atoms with Crippen molar-refractivity contribution in [1.29, 1.82) is 0 Å². The molecule has 1 aliphatic rings. The first-order chi connectivity index (χ1) is 17.5. The summed E-state index contributed by atoms with van der Waals surface area (Å²) < 4.78 is 10.6. The fourth-order valence-electron chi connectivity index (χ4n) is 4.54. The van der Waals surface area contributed by atoms with E-state index < -0.39 is 0 Å². The fraction of sp³-hybridized carbons (Fsp3) is 0.345. The van der Waals surface area contributed by atoms with Gasteiger partial charge in [-0.2, -0.15) is 0 Å². The van der Waals surface area contributed by atoms with Crippen LogP contribution in [-0.4, -0.2) is 30.5 Å². The summed E-state index contributed by atoms with van der Waals surface area (Å²) in [6.07, 6.45) is 7.94. The number of hydrogen-bond acceptors (Lipinski definition) is 5. The summed E-state index contributed by atoms with van der Waals surface area (Å²) in [5.74, 6) is 0.0748. The summed E-state index contributed by atoms with van der Waals surface area (Å²) >= 11 is 5.93. The van der Waals surface area contributed by atoms with E-state index >= 15 is 0 Å². The van der Waals surface area contributed by atoms with Gasteiger partial charge in [0.2, 0.25) is 5.89 Å². The van der Waals surface area contributed by atoms with Gasteiger partial charge >= 0.3 is 5.97 Å². The lowest BCUT2D eigenvalue weighted by Gasteiger charge is -2.20. The molecule has 4 rings (SSSR count). The fourth-order valence-corrected chi connectivity index (χ4v) is 4.67. The maximum atomic E-state index is 12.6. The average Bonchev–Trinajstić information content (AvgIpc) is 3.40. The van der Waals surface area contributed by atoms with Gasteiger partial charge in [-0.15, -0.1) is 0 Å². The van der Waals surface area contributed by atoms with Crippen molar-refractivity contribution in [1.82, 2.24) is 10.3 Å². The number of hydrogen-bond donors (Lipinski definition) is 1. The lowest BCUT2D eigenvalue weighted by molar-refractivity contribution is -0.140. The highest BCUT2D eigenvalue weighted by molar-refractivity contribution is 6.30. The lowest BCUT2D eigenvalue weighted by Crippen LogP contribution is -2.26. The largest absolute Gasteiger partial charge is 0.469 e. The maximum Gasteiger partial charge on any atom is 0.305 e. The van der Waals surface area contributed by atoms with Gasteiger partial charge in [-0.25, -0.2) is 4.98 Å². The number of benzene rings is 2. The normalized spacial score (nSPS) is 13.5. The van der Waals surface area contributed by atoms with Crippen LogP contribution in [0.2, 0.25) is 5.02 Å². The van der Waals surface area contributed by atoms with Crippen LogP contribution < -0.4 is 5.32 Å². The third-order valence-corrected chi connectivity index (χ3v) is 6.79. The number of methoxy groups -OCH3 is 1. The Bertz CT molecular complexity index is 1230. The summed E-state index contributed by atoms with van der Waals surface area (Å²) in [5.41, 5.74) is 6.10. The Morgan fingerprint density at radius 2 is 1.78 bits per heavy atom. The Kier molecular flexibility index (Phi) is 8.95. The predicted molar refractivity (Wildman–Crippen MR) is 140 cm³/mol. The summed E-state index contributed by atoms with van der Waals surface area (Å²) in [7, 11) is 1.41. The Balaban J connectivity index is 1.44. The van der Waals surface area contributed by atoms with E-state index in [9.17, 15) is 9.59 Å². The number of halogens is 1. The molecule has 0 fully saturated rings. The second-order valence-corrected chi connectivity index (χ2v) is 9.42. The van der Waals surface area contributed by atoms with Crippen molar-refractivity contribution in [3.05, 3.63) is 93.7 Å². The molecule has 1 aromatic heterocycles. The van der Waals surface area contributed by atoms with Crippen molar-refractivity contribution >= 4 is 29.1 Å². The van der Waals surface area contributed by atoms with Crippen molar-refractivity contribution in [3.63, 3.8) is 0 Å². The number of rotatable bonds is 10. The van der Waals surface area contributed by atoms with Crippen molar-refractivity contribution in [2.45, 2.75) is 51.4 Å². The van der Waals surface area contributed by atoms with E-state index in [1.54, 1.807) is 0 Å². The minimum atomic E-state index is -0.245. The van der Waals surface area contributed by atoms with Crippen molar-refractivity contribution in [2.24, 2.45) is 0 Å². The number of carbonyl (C=O) groups excluding carboxylic acids is 2. The zero-order valence-electron chi connectivity index (χ0n) is 20.5. The van der Waals surface area contributed by atoms with E-state index in [4.69, 9.17) is 20.8 Å². The van der Waals surface area contributed by atoms with Gasteiger partial charge in [0.05, 0.1) is 7.11 Å². The van der Waals surface area contributed by atoms with Crippen LogP contribution in [0, 0.1) is 0 Å². The molecule has 0 spiro atoms. The third kappa shape index (κ3) is 6.85. The Morgan fingerprint density at radius 3 is 2.56 bits per heavy atom. The number of carbonyl (C=O) groups is 2. The van der Waals surface area contributed by atoms with E-state index in [1.165, 1.54) is 24.5 Å². The van der Waals surface area contributed by atoms with Crippen LogP contribution in [0.15, 0.2) is 64.8 Å². The molecule has 7 heteroatoms. The zero-order valence-corrected chi connectivity index (χ0v) is 21.3. The molecule has 0 bridgehead atoms. The molecule has 3 aromatic rings. The zero-order chi connectivity index (χ0) is 25.3. The number of aryl methyl sites for hydroxylation is 1. The van der Waals surface area contributed by atoms with Gasteiger partial charge in [0, 0.05) is 23.6 Å². The molecule has 1 heterocycles. The third-order valence-electron chi connectivity index (χ3n) is 6.54. The Labute approximate surface area is 216 Å². The second kappa shape index (κ2) is 12.5. The second-order valence-electron chi connectivity index (χ2n) is 8.98. The molecule has 0 saturated carbocycles. The lowest BCUT2D eigenvalue weighted by atomic mass is 9.86. The van der Waals surface area contributed by atoms with E-state index in [0.717, 1.165) is 48.8 Å². The van der Waals surface area contributed by atoms with Crippen LogP contribution in [0.4, 0.5) is 0 Å². The van der Waals surface area contributed by atoms with E-state index in [0.29, 0.717) is 36.7 Å². The van der Waals surface area contributed by atoms with Crippen molar-refractivity contribution in [2.75, 3.05) is 13.7 Å². The van der Waals surface area contributed by atoms with Crippen LogP contribution >= 0.6 is 11.6 Å². The molecule has 1 aliphatic carbocycles. The molecular formula is C29H31ClN2O4. The SMILES string of the molecule is COC(=O)CCc1ccccc1CC1=C(c2nc(C(=O)NCCc3ccc(Cl)cc3)co2)CCCC1. The highest BCUT2D eigenvalue weighted by Crippen LogP contribution is 2.34. The maximum absolute atomic E-state index is 12.6. The van der Waals surface area contributed by atoms with E-state index in [1.807, 2.05) is 36.4 Å². The van der Waals surface area contributed by atoms with E-state index in [2.05, 4.69) is 22.4 Å². The molecule has 0 atom stereocenters. The van der Waals surface area contributed by atoms with Crippen molar-refractivity contribution < 1.29 is 18.7 Å². The van der Waals surface area contributed by atoms with Gasteiger partial charge in [0.1, 0.15) is 6.26 Å². The molecule has 36 heavy (non-hydrogen) atoms. The number of esters is 1. The summed E-state index contributed by atoms with van der Waals surface area (Å²) in [4.78, 5) is 28.8. The minimum Gasteiger partial charge on any atom is -0.469 e. The van der Waals surface area contributed by atoms with Crippen LogP contribution in [0.3, 0.4) is 0 Å². The molecule has 0 saturated heterocycles. The van der Waals surface area contributed by atoms with E-state index in [-0.39, 0.29) is 17.6 Å². The van der Waals surface area contributed by atoms with Crippen LogP contribution in [0.1, 0.15) is 65.2 Å². The number of oxazole rings is 1. The standard InChI is InChI=1S/C29H31ClN2O4/c1-35-27(33)15-12-21-6-2-3-7-22(21)18-23-8-4-5-9-25(23)29-32-26(19-36-29)28(34)31-17-16-20-10-13-24(30)14-11-20/h2-3,6-7,10-11,13-14,19H,4-5,8-9,12,15-18H2,1H3,(H,31,34). The highest BCUT2D eigenvalue weighted by Gasteiger charge is 2.21. The quantitative estimate of drug-likeness (QED) is 0.342. The Morgan fingerprint density at radius 1 is 1.03 bits per heavy atom. The molecule has 188 valence electrons. The number of allylic oxidation sites excluding steroid dienone is 2. The molecule has 2 aromatic carbocycles. The van der Waals surface area contributed by atoms with Gasteiger partial charge in [-0.05, 0) is 73.8 Å². The van der Waals surface area contributed by atoms with Crippen LogP contribution in [0.5, 0.6) is 0 Å². The smallest absolute Gasteiger partial charge is 0.305 e. The van der Waals surface area contributed by atoms with Gasteiger partial charge in [-0.1, -0.05) is 53.6 Å². The average molecular weight is 507 g/mol. The van der Waals surface area contributed by atoms with Gasteiger partial charge in [0.25, 0.3) is 5.91 Å². The topological polar surface area (TPSA) is 81.4 Å². The van der Waals surface area contributed by atoms with Gasteiger partial charge in [0.15, 0.2) is 5.69 Å². The monoisotopic (exact) mass is 506 g/mol. The molecule has 0 aliphatic heterocycles. The highest BCUT2D eigenvalue weighted by atomic mass is 35.5. The molecule has 0 radical (unpaired) electrons. The number of amides is 1. The summed E-state index contributed by atoms with van der Waals surface area (Å²) in [6, 6.07) is 15.8. The molecule has 6 nitrogen and oxygen atoms in total. The summed E-state index contributed by atoms with van der Waals surface area (Å²) in [6.45, 7) is 0.499. The van der Waals surface area contributed by atoms with Gasteiger partial charge in [-0.3, -0.25) is 9.59 Å². The predicted octanol–water partition coefficient (Wildman–Crippen LogP) is 5.98. The Hall–Kier alpha value is -3.38. The number of aromatic nitrogens is 1. The first-order valence-corrected chi connectivity index (χ1v) is 12.7. The molecule has 1 amide bonds. The number of ether oxygens (including phenoxy) is 1. The van der Waals surface area contributed by atoms with Gasteiger partial charge < -0.3 is 14.5 Å². The molecule has 0 unspecified atom stereocenters. The first-order valence-electron chi connectivity index (χ1n) is 12.4. The summed E-state index contributed by atoms with van der Waals surface area (Å²) in [5, 5.41) is 3.61. The number of nitrogens with one attached hydrogen (secondary N) is 1. The molecular weight excluding hydrogens is 476 g/mol. The molecule has 1 N–H and O–H groups in total.